The standard InChI is InChI=1S/C17H17NO4/c19-14-7-6-11(15(20)10-14)8-12-9-16(21)18(17(12)22)13-4-2-1-3-5-13/h1-7,10,12,16,19-21H,8-9H2. The number of rotatable bonds is 3. The summed E-state index contributed by atoms with van der Waals surface area (Å²) in [6.45, 7) is 0. The lowest BCUT2D eigenvalue weighted by Crippen LogP contribution is -2.33. The summed E-state index contributed by atoms with van der Waals surface area (Å²) in [4.78, 5) is 13.9. The molecule has 1 fully saturated rings. The SMILES string of the molecule is O=C1C(Cc2ccc(O)cc2O)CC(O)N1c1ccccc1. The minimum absolute atomic E-state index is 0.0232. The molecular formula is C17H17NO4. The van der Waals surface area contributed by atoms with Crippen molar-refractivity contribution in [2.45, 2.75) is 19.1 Å². The van der Waals surface area contributed by atoms with Gasteiger partial charge in [0.15, 0.2) is 0 Å². The Morgan fingerprint density at radius 3 is 2.50 bits per heavy atom. The van der Waals surface area contributed by atoms with Gasteiger partial charge in [-0.05, 0) is 30.2 Å². The highest BCUT2D eigenvalue weighted by atomic mass is 16.3. The van der Waals surface area contributed by atoms with Crippen LogP contribution in [0.2, 0.25) is 0 Å². The summed E-state index contributed by atoms with van der Waals surface area (Å²) >= 11 is 0. The van der Waals surface area contributed by atoms with Gasteiger partial charge in [0.2, 0.25) is 5.91 Å². The molecule has 2 unspecified atom stereocenters. The first-order valence-corrected chi connectivity index (χ1v) is 7.13. The number of carbonyl (C=O) groups excluding carboxylic acids is 1. The van der Waals surface area contributed by atoms with Gasteiger partial charge in [-0.3, -0.25) is 9.69 Å². The van der Waals surface area contributed by atoms with E-state index in [0.717, 1.165) is 0 Å². The molecule has 2 atom stereocenters. The van der Waals surface area contributed by atoms with Gasteiger partial charge in [0.25, 0.3) is 0 Å². The van der Waals surface area contributed by atoms with E-state index in [0.29, 0.717) is 24.1 Å². The molecule has 3 N–H and O–H groups in total. The van der Waals surface area contributed by atoms with Crippen molar-refractivity contribution in [3.8, 4) is 11.5 Å². The molecule has 5 nitrogen and oxygen atoms in total. The number of hydrogen-bond donors (Lipinski definition) is 3. The Morgan fingerprint density at radius 1 is 1.09 bits per heavy atom. The molecule has 0 aromatic heterocycles. The highest BCUT2D eigenvalue weighted by molar-refractivity contribution is 5.97. The molecule has 5 heteroatoms. The van der Waals surface area contributed by atoms with Crippen molar-refractivity contribution >= 4 is 11.6 Å². The maximum atomic E-state index is 12.5. The molecule has 1 heterocycles. The van der Waals surface area contributed by atoms with E-state index in [1.165, 1.54) is 17.0 Å². The fourth-order valence-electron chi connectivity index (χ4n) is 2.85. The molecular weight excluding hydrogens is 282 g/mol. The summed E-state index contributed by atoms with van der Waals surface area (Å²) < 4.78 is 0. The van der Waals surface area contributed by atoms with Crippen molar-refractivity contribution in [1.29, 1.82) is 0 Å². The summed E-state index contributed by atoms with van der Waals surface area (Å²) in [6.07, 6.45) is -0.224. The third-order valence-electron chi connectivity index (χ3n) is 3.95. The molecule has 2 aromatic rings. The Balaban J connectivity index is 1.81. The molecule has 0 spiro atoms. The van der Waals surface area contributed by atoms with Crippen LogP contribution in [0.4, 0.5) is 5.69 Å². The van der Waals surface area contributed by atoms with E-state index in [2.05, 4.69) is 0 Å². The molecule has 114 valence electrons. The Morgan fingerprint density at radius 2 is 1.82 bits per heavy atom. The Hall–Kier alpha value is -2.53. The first kappa shape index (κ1) is 14.4. The molecule has 1 saturated heterocycles. The molecule has 0 saturated carbocycles. The largest absolute Gasteiger partial charge is 0.508 e. The number of aliphatic hydroxyl groups excluding tert-OH is 1. The second-order valence-electron chi connectivity index (χ2n) is 5.47. The van der Waals surface area contributed by atoms with Crippen LogP contribution >= 0.6 is 0 Å². The number of aliphatic hydroxyl groups is 1. The molecule has 3 rings (SSSR count). The summed E-state index contributed by atoms with van der Waals surface area (Å²) in [7, 11) is 0. The summed E-state index contributed by atoms with van der Waals surface area (Å²) in [5.74, 6) is -0.623. The van der Waals surface area contributed by atoms with Crippen molar-refractivity contribution < 1.29 is 20.1 Å². The molecule has 1 aliphatic rings. The third kappa shape index (κ3) is 2.63. The Labute approximate surface area is 128 Å². The summed E-state index contributed by atoms with van der Waals surface area (Å²) in [5, 5.41) is 29.3. The average molecular weight is 299 g/mol. The fourth-order valence-corrected chi connectivity index (χ4v) is 2.85. The first-order valence-electron chi connectivity index (χ1n) is 7.13. The van der Waals surface area contributed by atoms with Gasteiger partial charge < -0.3 is 15.3 Å². The third-order valence-corrected chi connectivity index (χ3v) is 3.95. The number of para-hydroxylation sites is 1. The number of phenolic OH excluding ortho intramolecular Hbond substituents is 2. The first-order chi connectivity index (χ1) is 10.6. The van der Waals surface area contributed by atoms with Crippen molar-refractivity contribution in [3.05, 3.63) is 54.1 Å². The number of aromatic hydroxyl groups is 2. The van der Waals surface area contributed by atoms with Crippen LogP contribution in [0.3, 0.4) is 0 Å². The zero-order valence-corrected chi connectivity index (χ0v) is 11.9. The highest BCUT2D eigenvalue weighted by Crippen LogP contribution is 2.33. The molecule has 0 bridgehead atoms. The van der Waals surface area contributed by atoms with E-state index in [9.17, 15) is 20.1 Å². The van der Waals surface area contributed by atoms with Crippen LogP contribution in [-0.2, 0) is 11.2 Å². The maximum absolute atomic E-state index is 12.5. The van der Waals surface area contributed by atoms with Crippen molar-refractivity contribution in [2.75, 3.05) is 4.90 Å². The highest BCUT2D eigenvalue weighted by Gasteiger charge is 2.39. The lowest BCUT2D eigenvalue weighted by Gasteiger charge is -2.20. The van der Waals surface area contributed by atoms with Crippen LogP contribution < -0.4 is 4.90 Å². The van der Waals surface area contributed by atoms with Gasteiger partial charge in [-0.2, -0.15) is 0 Å². The molecule has 0 aliphatic carbocycles. The molecule has 22 heavy (non-hydrogen) atoms. The van der Waals surface area contributed by atoms with Gasteiger partial charge in [0, 0.05) is 24.1 Å². The van der Waals surface area contributed by atoms with E-state index < -0.39 is 12.1 Å². The zero-order valence-electron chi connectivity index (χ0n) is 11.9. The van der Waals surface area contributed by atoms with Gasteiger partial charge in [0.05, 0.1) is 0 Å². The summed E-state index contributed by atoms with van der Waals surface area (Å²) in [5.41, 5.74) is 1.25. The van der Waals surface area contributed by atoms with Gasteiger partial charge in [-0.1, -0.05) is 24.3 Å². The Bertz CT molecular complexity index is 686. The minimum atomic E-state index is -0.862. The van der Waals surface area contributed by atoms with Gasteiger partial charge >= 0.3 is 0 Å². The predicted molar refractivity (Wildman–Crippen MR) is 81.5 cm³/mol. The van der Waals surface area contributed by atoms with E-state index >= 15 is 0 Å². The number of nitrogens with zero attached hydrogens (tertiary/aromatic N) is 1. The maximum Gasteiger partial charge on any atom is 0.232 e. The number of anilines is 1. The summed E-state index contributed by atoms with van der Waals surface area (Å²) in [6, 6.07) is 13.4. The predicted octanol–water partition coefficient (Wildman–Crippen LogP) is 2.01. The van der Waals surface area contributed by atoms with Gasteiger partial charge in [0.1, 0.15) is 17.7 Å². The normalized spacial score (nSPS) is 21.3. The topological polar surface area (TPSA) is 81.0 Å². The van der Waals surface area contributed by atoms with Crippen molar-refractivity contribution in [3.63, 3.8) is 0 Å². The van der Waals surface area contributed by atoms with Crippen LogP contribution in [0.5, 0.6) is 11.5 Å². The molecule has 1 aliphatic heterocycles. The number of amides is 1. The second kappa shape index (κ2) is 5.69. The van der Waals surface area contributed by atoms with Crippen LogP contribution in [-0.4, -0.2) is 27.5 Å². The van der Waals surface area contributed by atoms with E-state index in [1.807, 2.05) is 18.2 Å². The smallest absolute Gasteiger partial charge is 0.232 e. The minimum Gasteiger partial charge on any atom is -0.508 e. The fraction of sp³-hybridized carbons (Fsp3) is 0.235. The second-order valence-corrected chi connectivity index (χ2v) is 5.47. The van der Waals surface area contributed by atoms with E-state index in [4.69, 9.17) is 0 Å². The zero-order chi connectivity index (χ0) is 15.7. The monoisotopic (exact) mass is 299 g/mol. The number of carbonyl (C=O) groups is 1. The van der Waals surface area contributed by atoms with Gasteiger partial charge in [-0.15, -0.1) is 0 Å². The number of hydrogen-bond acceptors (Lipinski definition) is 4. The van der Waals surface area contributed by atoms with E-state index in [1.54, 1.807) is 18.2 Å². The van der Waals surface area contributed by atoms with Crippen LogP contribution in [0.1, 0.15) is 12.0 Å². The van der Waals surface area contributed by atoms with E-state index in [-0.39, 0.29) is 17.4 Å². The molecule has 1 amide bonds. The van der Waals surface area contributed by atoms with Crippen LogP contribution in [0.25, 0.3) is 0 Å². The lowest BCUT2D eigenvalue weighted by molar-refractivity contribution is -0.120. The Kier molecular flexibility index (Phi) is 3.73. The van der Waals surface area contributed by atoms with Crippen LogP contribution in [0.15, 0.2) is 48.5 Å². The van der Waals surface area contributed by atoms with Crippen molar-refractivity contribution in [1.82, 2.24) is 0 Å². The number of phenols is 2. The lowest BCUT2D eigenvalue weighted by atomic mass is 9.97. The molecule has 2 aromatic carbocycles. The number of benzene rings is 2. The quantitative estimate of drug-likeness (QED) is 0.810. The van der Waals surface area contributed by atoms with Crippen LogP contribution in [0, 0.1) is 5.92 Å². The average Bonchev–Trinajstić information content (AvgIpc) is 2.77. The molecule has 0 radical (unpaired) electrons. The van der Waals surface area contributed by atoms with Crippen molar-refractivity contribution in [2.24, 2.45) is 5.92 Å². The van der Waals surface area contributed by atoms with Gasteiger partial charge in [-0.25, -0.2) is 0 Å².